The molecule has 1 saturated carbocycles. The van der Waals surface area contributed by atoms with E-state index in [1.54, 1.807) is 31.2 Å². The molecule has 0 unspecified atom stereocenters. The van der Waals surface area contributed by atoms with Crippen molar-refractivity contribution in [3.05, 3.63) is 30.0 Å². The fourth-order valence-electron chi connectivity index (χ4n) is 2.40. The van der Waals surface area contributed by atoms with E-state index in [0.717, 1.165) is 29.9 Å². The number of aliphatic hydroxyl groups excluding tert-OH is 1. The van der Waals surface area contributed by atoms with Gasteiger partial charge in [-0.2, -0.15) is 0 Å². The summed E-state index contributed by atoms with van der Waals surface area (Å²) in [6.07, 6.45) is 1.70. The number of hydrogen-bond donors (Lipinski definition) is 4. The molecule has 3 rings (SSSR count). The van der Waals surface area contributed by atoms with E-state index in [0.29, 0.717) is 23.1 Å². The van der Waals surface area contributed by atoms with Gasteiger partial charge in [-0.3, -0.25) is 4.90 Å². The Morgan fingerprint density at radius 1 is 1.29 bits per heavy atom. The molecule has 2 amide bonds. The van der Waals surface area contributed by atoms with Crippen LogP contribution in [0.15, 0.2) is 28.5 Å². The first-order chi connectivity index (χ1) is 13.3. The van der Waals surface area contributed by atoms with Crippen molar-refractivity contribution in [2.45, 2.75) is 30.0 Å². The number of carbonyl (C=O) groups is 1. The van der Waals surface area contributed by atoms with Crippen LogP contribution in [0.5, 0.6) is 0 Å². The minimum absolute atomic E-state index is 0.00539. The van der Waals surface area contributed by atoms with Crippen LogP contribution in [0.3, 0.4) is 0 Å². The lowest BCUT2D eigenvalue weighted by Gasteiger charge is -2.15. The number of anilines is 3. The second-order valence-corrected chi connectivity index (χ2v) is 9.37. The molecule has 1 aliphatic carbocycles. The lowest BCUT2D eigenvalue weighted by atomic mass is 10.3. The van der Waals surface area contributed by atoms with Crippen molar-refractivity contribution < 1.29 is 18.3 Å². The Hall–Kier alpha value is -2.21. The van der Waals surface area contributed by atoms with E-state index in [1.165, 1.54) is 11.9 Å². The Labute approximate surface area is 167 Å². The fraction of sp³-hybridized carbons (Fsp3) is 0.412. The van der Waals surface area contributed by atoms with Crippen LogP contribution < -0.4 is 20.3 Å². The highest BCUT2D eigenvalue weighted by Crippen LogP contribution is 2.31. The molecular formula is C17H23N5O4S2. The highest BCUT2D eigenvalue weighted by atomic mass is 32.2. The van der Waals surface area contributed by atoms with E-state index in [9.17, 15) is 13.2 Å². The summed E-state index contributed by atoms with van der Waals surface area (Å²) in [5.74, 6) is 0. The predicted octanol–water partition coefficient (Wildman–Crippen LogP) is 1.96. The van der Waals surface area contributed by atoms with Crippen LogP contribution in [0, 0.1) is 6.92 Å². The number of aromatic nitrogens is 1. The van der Waals surface area contributed by atoms with Crippen molar-refractivity contribution in [1.29, 1.82) is 0 Å². The molecule has 1 aromatic carbocycles. The largest absolute Gasteiger partial charge is 0.395 e. The summed E-state index contributed by atoms with van der Waals surface area (Å²) >= 11 is 0.965. The maximum atomic E-state index is 12.5. The zero-order chi connectivity index (χ0) is 20.3. The van der Waals surface area contributed by atoms with Crippen molar-refractivity contribution in [2.75, 3.05) is 35.7 Å². The molecule has 1 aromatic heterocycles. The molecule has 0 radical (unpaired) electrons. The minimum Gasteiger partial charge on any atom is -0.395 e. The second kappa shape index (κ2) is 8.43. The summed E-state index contributed by atoms with van der Waals surface area (Å²) in [5.41, 5.74) is 1.78. The summed E-state index contributed by atoms with van der Waals surface area (Å²) in [6.45, 7) is 2.09. The first-order valence-corrected chi connectivity index (χ1v) is 11.1. The van der Waals surface area contributed by atoms with Crippen molar-refractivity contribution >= 4 is 43.9 Å². The number of sulfonamides is 1. The summed E-state index contributed by atoms with van der Waals surface area (Å²) in [4.78, 5) is 18.0. The first-order valence-electron chi connectivity index (χ1n) is 8.79. The normalized spacial score (nSPS) is 14.0. The van der Waals surface area contributed by atoms with Gasteiger partial charge in [-0.15, -0.1) is 0 Å². The first kappa shape index (κ1) is 20.5. The van der Waals surface area contributed by atoms with E-state index in [4.69, 9.17) is 5.11 Å². The molecule has 0 atom stereocenters. The van der Waals surface area contributed by atoms with Crippen LogP contribution >= 0.6 is 11.3 Å². The van der Waals surface area contributed by atoms with Gasteiger partial charge in [0.25, 0.3) is 10.0 Å². The molecule has 28 heavy (non-hydrogen) atoms. The minimum atomic E-state index is -3.61. The molecule has 0 aliphatic heterocycles. The molecule has 152 valence electrons. The van der Waals surface area contributed by atoms with Gasteiger partial charge < -0.3 is 15.7 Å². The lowest BCUT2D eigenvalue weighted by molar-refractivity contribution is 0.258. The van der Waals surface area contributed by atoms with E-state index in [-0.39, 0.29) is 16.9 Å². The molecular weight excluding hydrogens is 402 g/mol. The molecule has 11 heteroatoms. The number of hydrogen-bond acceptors (Lipinski definition) is 7. The van der Waals surface area contributed by atoms with Gasteiger partial charge >= 0.3 is 6.03 Å². The molecule has 0 bridgehead atoms. The Bertz CT molecular complexity index is 939. The molecule has 2 aromatic rings. The van der Waals surface area contributed by atoms with Gasteiger partial charge in [-0.25, -0.2) is 22.9 Å². The van der Waals surface area contributed by atoms with Gasteiger partial charge in [0.05, 0.1) is 12.3 Å². The van der Waals surface area contributed by atoms with Crippen molar-refractivity contribution in [2.24, 2.45) is 0 Å². The van der Waals surface area contributed by atoms with Crippen molar-refractivity contribution in [3.8, 4) is 0 Å². The number of nitrogens with zero attached hydrogens (tertiary/aromatic N) is 2. The standard InChI is InChI=1S/C17H23N5O4S2/c1-11-15(28(25,26)21-14-7-8-14)27-17(19-11)22(2)16(24)20-13-5-3-12(4-6-13)18-9-10-23/h3-6,14,18,21,23H,7-10H2,1-2H3,(H,20,24). The molecule has 0 saturated heterocycles. The molecule has 4 N–H and O–H groups in total. The van der Waals surface area contributed by atoms with Crippen molar-refractivity contribution in [1.82, 2.24) is 9.71 Å². The number of amides is 2. The van der Waals surface area contributed by atoms with E-state index < -0.39 is 16.1 Å². The van der Waals surface area contributed by atoms with Crippen LogP contribution in [0.2, 0.25) is 0 Å². The van der Waals surface area contributed by atoms with Gasteiger partial charge in [0.2, 0.25) is 0 Å². The molecule has 0 spiro atoms. The molecule has 1 aliphatic rings. The van der Waals surface area contributed by atoms with E-state index >= 15 is 0 Å². The van der Waals surface area contributed by atoms with Crippen LogP contribution in [0.4, 0.5) is 21.3 Å². The van der Waals surface area contributed by atoms with Gasteiger partial charge in [0.1, 0.15) is 0 Å². The predicted molar refractivity (Wildman–Crippen MR) is 110 cm³/mol. The van der Waals surface area contributed by atoms with Gasteiger partial charge in [-0.05, 0) is 44.0 Å². The highest BCUT2D eigenvalue weighted by molar-refractivity contribution is 7.91. The van der Waals surface area contributed by atoms with Crippen molar-refractivity contribution in [3.63, 3.8) is 0 Å². The zero-order valence-corrected chi connectivity index (χ0v) is 17.2. The number of aliphatic hydroxyl groups is 1. The van der Waals surface area contributed by atoms with E-state index in [1.807, 2.05) is 0 Å². The summed E-state index contributed by atoms with van der Waals surface area (Å²) in [5, 5.41) is 14.9. The third-order valence-corrected chi connectivity index (χ3v) is 7.42. The Morgan fingerprint density at radius 3 is 2.54 bits per heavy atom. The van der Waals surface area contributed by atoms with Gasteiger partial charge in [0.15, 0.2) is 9.34 Å². The lowest BCUT2D eigenvalue weighted by Crippen LogP contribution is -2.31. The van der Waals surface area contributed by atoms with E-state index in [2.05, 4.69) is 20.3 Å². The number of nitrogens with one attached hydrogen (secondary N) is 3. The Balaban J connectivity index is 1.67. The smallest absolute Gasteiger partial charge is 0.327 e. The summed E-state index contributed by atoms with van der Waals surface area (Å²) < 4.78 is 27.6. The quantitative estimate of drug-likeness (QED) is 0.513. The third kappa shape index (κ3) is 4.98. The monoisotopic (exact) mass is 425 g/mol. The second-order valence-electron chi connectivity index (χ2n) is 6.48. The maximum Gasteiger partial charge on any atom is 0.327 e. The number of benzene rings is 1. The average Bonchev–Trinajstić information content (AvgIpc) is 3.37. The molecule has 1 fully saturated rings. The van der Waals surface area contributed by atoms with Crippen LogP contribution in [0.25, 0.3) is 0 Å². The van der Waals surface area contributed by atoms with Crippen LogP contribution in [-0.2, 0) is 10.0 Å². The number of thiazole rings is 1. The van der Waals surface area contributed by atoms with Crippen LogP contribution in [-0.4, -0.2) is 50.8 Å². The number of carbonyl (C=O) groups excluding carboxylic acids is 1. The average molecular weight is 426 g/mol. The Kier molecular flexibility index (Phi) is 6.18. The summed E-state index contributed by atoms with van der Waals surface area (Å²) in [7, 11) is -2.08. The van der Waals surface area contributed by atoms with Gasteiger partial charge in [0, 0.05) is 31.0 Å². The molecule has 9 nitrogen and oxygen atoms in total. The highest BCUT2D eigenvalue weighted by Gasteiger charge is 2.31. The van der Waals surface area contributed by atoms with Crippen LogP contribution in [0.1, 0.15) is 18.5 Å². The SMILES string of the molecule is Cc1nc(N(C)C(=O)Nc2ccc(NCCO)cc2)sc1S(=O)(=O)NC1CC1. The maximum absolute atomic E-state index is 12.5. The van der Waals surface area contributed by atoms with Gasteiger partial charge in [-0.1, -0.05) is 11.3 Å². The zero-order valence-electron chi connectivity index (χ0n) is 15.6. The Morgan fingerprint density at radius 2 is 1.93 bits per heavy atom. The third-order valence-electron chi connectivity index (χ3n) is 4.05. The topological polar surface area (TPSA) is 124 Å². The fourth-order valence-corrected chi connectivity index (χ4v) is 5.19. The molecule has 1 heterocycles. The number of aryl methyl sites for hydroxylation is 1. The number of urea groups is 1. The number of rotatable bonds is 8. The summed E-state index contributed by atoms with van der Waals surface area (Å²) in [6, 6.07) is 6.61.